The van der Waals surface area contributed by atoms with Crippen LogP contribution in [0.1, 0.15) is 0 Å². The molecule has 0 saturated heterocycles. The van der Waals surface area contributed by atoms with Crippen LogP contribution in [-0.4, -0.2) is 4.98 Å². The summed E-state index contributed by atoms with van der Waals surface area (Å²) in [6.07, 6.45) is 3.50. The predicted octanol–water partition coefficient (Wildman–Crippen LogP) is 2.22. The second-order valence-electron chi connectivity index (χ2n) is 1.40. The molecule has 0 spiro atoms. The maximum atomic E-state index is 9.24. The fourth-order valence-corrected chi connectivity index (χ4v) is 0.313. The van der Waals surface area contributed by atoms with E-state index in [1.807, 2.05) is 18.2 Å². The van der Waals surface area contributed by atoms with Crippen molar-refractivity contribution >= 4 is 20.1 Å². The van der Waals surface area contributed by atoms with Crippen molar-refractivity contribution in [2.24, 2.45) is 0 Å². The molecular weight excluding hydrogens is 229 g/mol. The van der Waals surface area contributed by atoms with Gasteiger partial charge < -0.3 is 0 Å². The van der Waals surface area contributed by atoms with Crippen LogP contribution < -0.4 is 0 Å². The zero-order valence-corrected chi connectivity index (χ0v) is 8.10. The van der Waals surface area contributed by atoms with E-state index in [9.17, 15) is 7.61 Å². The van der Waals surface area contributed by atoms with Crippen molar-refractivity contribution in [3.8, 4) is 0 Å². The van der Waals surface area contributed by atoms with Gasteiger partial charge in [-0.05, 0) is 12.1 Å². The number of rotatable bonds is 0. The Morgan fingerprint density at radius 1 is 1.00 bits per heavy atom. The van der Waals surface area contributed by atoms with Crippen LogP contribution >= 0.6 is 20.1 Å². The maximum absolute atomic E-state index is 9.24. The van der Waals surface area contributed by atoms with Gasteiger partial charge in [-0.1, -0.05) is 6.07 Å². The van der Waals surface area contributed by atoms with Crippen molar-refractivity contribution in [1.29, 1.82) is 0 Å². The number of aromatic nitrogens is 1. The Labute approximate surface area is 74.5 Å². The number of nitrogens with zero attached hydrogens (tertiary/aromatic N) is 1. The Morgan fingerprint density at radius 2 is 1.36 bits per heavy atom. The fourth-order valence-electron chi connectivity index (χ4n) is 0.313. The molecule has 11 heavy (non-hydrogen) atoms. The molecule has 0 aliphatic carbocycles. The third-order valence-electron chi connectivity index (χ3n) is 0.566. The number of hydrogen-bond donors (Lipinski definition) is 0. The molecule has 0 radical (unpaired) electrons. The minimum absolute atomic E-state index is 1.75. The van der Waals surface area contributed by atoms with Gasteiger partial charge in [0.15, 0.2) is 0 Å². The van der Waals surface area contributed by atoms with E-state index in [-0.39, 0.29) is 0 Å². The van der Waals surface area contributed by atoms with E-state index in [2.05, 4.69) is 25.1 Å². The van der Waals surface area contributed by atoms with E-state index >= 15 is 0 Å². The first-order valence-corrected chi connectivity index (χ1v) is 7.04. The van der Waals surface area contributed by atoms with Gasteiger partial charge in [0.05, 0.1) is 0 Å². The van der Waals surface area contributed by atoms with Crippen LogP contribution in [0.25, 0.3) is 0 Å². The summed E-state index contributed by atoms with van der Waals surface area (Å²) in [7, 11) is 8.68. The molecule has 0 fully saturated rings. The molecule has 0 aliphatic heterocycles. The molecule has 0 unspecified atom stereocenters. The first kappa shape index (κ1) is 10.9. The Hall–Kier alpha value is -0.138. The topological polar surface area (TPSA) is 47.0 Å². The Kier molecular flexibility index (Phi) is 5.44. The predicted molar refractivity (Wildman–Crippen MR) is 37.3 cm³/mol. The fraction of sp³-hybridized carbons (Fsp3) is 0. The minimum Gasteiger partial charge on any atom is -0.265 e. The molecule has 0 amide bonds. The minimum atomic E-state index is -4.31. The molecule has 0 aromatic carbocycles. The van der Waals surface area contributed by atoms with Gasteiger partial charge in [-0.15, -0.1) is 0 Å². The number of halogens is 2. The van der Waals surface area contributed by atoms with Gasteiger partial charge in [-0.3, -0.25) is 4.98 Å². The van der Waals surface area contributed by atoms with Crippen molar-refractivity contribution in [3.05, 3.63) is 30.6 Å². The van der Waals surface area contributed by atoms with Crippen molar-refractivity contribution < 1.29 is 18.7 Å². The van der Waals surface area contributed by atoms with Crippen LogP contribution in [0.3, 0.4) is 0 Å². The molecule has 3 nitrogen and oxygen atoms in total. The van der Waals surface area contributed by atoms with E-state index in [0.717, 1.165) is 0 Å². The Balaban J connectivity index is 0.000000187. The third kappa shape index (κ3) is 17.7. The molecule has 62 valence electrons. The largest absolute Gasteiger partial charge is 0.265 e. The quantitative estimate of drug-likeness (QED) is 0.691. The summed E-state index contributed by atoms with van der Waals surface area (Å²) in [4.78, 5) is 3.78. The van der Waals surface area contributed by atoms with E-state index in [0.29, 0.717) is 0 Å². The van der Waals surface area contributed by atoms with Crippen LogP contribution in [0.2, 0.25) is 0 Å². The summed E-state index contributed by atoms with van der Waals surface area (Å²) in [5.41, 5.74) is 0. The van der Waals surface area contributed by atoms with Crippen LogP contribution in [0.15, 0.2) is 30.6 Å². The zero-order chi connectivity index (χ0) is 8.74. The molecule has 0 atom stereocenters. The standard InChI is InChI=1S/C5H5N.2ClH.Cr.2O/c1-2-4-6-5-3-1;;;;;/h1-5H;2*1H;;;/q;;;+2;;/p-2. The second kappa shape index (κ2) is 5.50. The van der Waals surface area contributed by atoms with Crippen molar-refractivity contribution in [3.63, 3.8) is 0 Å². The molecule has 0 saturated carbocycles. The van der Waals surface area contributed by atoms with Gasteiger partial charge >= 0.3 is 38.8 Å². The van der Waals surface area contributed by atoms with Crippen LogP contribution in [0.4, 0.5) is 0 Å². The first-order valence-electron chi connectivity index (χ1n) is 2.49. The monoisotopic (exact) mass is 233 g/mol. The van der Waals surface area contributed by atoms with Gasteiger partial charge in [0.1, 0.15) is 0 Å². The third-order valence-corrected chi connectivity index (χ3v) is 0.566. The van der Waals surface area contributed by atoms with Crippen molar-refractivity contribution in [1.82, 2.24) is 4.98 Å². The molecule has 1 aromatic rings. The smallest absolute Gasteiger partial charge is 0.0267 e. The molecule has 0 aliphatic rings. The summed E-state index contributed by atoms with van der Waals surface area (Å²) in [5, 5.41) is 0. The Bertz CT molecular complexity index is 239. The SMILES string of the molecule is [O]=[Cr](=[O])([Cl])[Cl].c1ccncc1. The summed E-state index contributed by atoms with van der Waals surface area (Å²) < 4.78 is 18.5. The average Bonchev–Trinajstić information content (AvgIpc) is 1.88. The number of pyridine rings is 1. The normalized spacial score (nSPS) is 9.64. The van der Waals surface area contributed by atoms with Crippen LogP contribution in [0.5, 0.6) is 0 Å². The van der Waals surface area contributed by atoms with Gasteiger partial charge in [0, 0.05) is 12.4 Å². The van der Waals surface area contributed by atoms with Crippen molar-refractivity contribution in [2.75, 3.05) is 0 Å². The molecule has 1 aromatic heterocycles. The molecule has 1 rings (SSSR count). The second-order valence-corrected chi connectivity index (χ2v) is 6.59. The summed E-state index contributed by atoms with van der Waals surface area (Å²) in [6.45, 7) is 0. The molecule has 1 heterocycles. The van der Waals surface area contributed by atoms with E-state index < -0.39 is 11.1 Å². The summed E-state index contributed by atoms with van der Waals surface area (Å²) in [5.74, 6) is 0. The van der Waals surface area contributed by atoms with E-state index in [1.165, 1.54) is 0 Å². The summed E-state index contributed by atoms with van der Waals surface area (Å²) >= 11 is -4.31. The molecule has 0 N–H and O–H groups in total. The first-order chi connectivity index (χ1) is 5.00. The van der Waals surface area contributed by atoms with Gasteiger partial charge in [-0.25, -0.2) is 0 Å². The Morgan fingerprint density at radius 3 is 1.45 bits per heavy atom. The maximum Gasteiger partial charge on any atom is 0.0267 e. The van der Waals surface area contributed by atoms with Gasteiger partial charge in [0.2, 0.25) is 0 Å². The van der Waals surface area contributed by atoms with E-state index in [4.69, 9.17) is 0 Å². The summed E-state index contributed by atoms with van der Waals surface area (Å²) in [6, 6.07) is 5.72. The van der Waals surface area contributed by atoms with Crippen LogP contribution in [0, 0.1) is 0 Å². The average molecular weight is 234 g/mol. The molecule has 6 heteroatoms. The van der Waals surface area contributed by atoms with E-state index in [1.54, 1.807) is 12.4 Å². The molecular formula is C5H5Cl2CrNO2. The molecule has 0 bridgehead atoms. The van der Waals surface area contributed by atoms with Crippen molar-refractivity contribution in [2.45, 2.75) is 0 Å². The van der Waals surface area contributed by atoms with Gasteiger partial charge in [-0.2, -0.15) is 0 Å². The zero-order valence-electron chi connectivity index (χ0n) is 5.31. The van der Waals surface area contributed by atoms with Gasteiger partial charge in [0.25, 0.3) is 0 Å². The number of hydrogen-bond acceptors (Lipinski definition) is 3. The van der Waals surface area contributed by atoms with Crippen LogP contribution in [-0.2, 0) is 18.7 Å².